The van der Waals surface area contributed by atoms with Crippen LogP contribution in [0.15, 0.2) is 85.2 Å². The minimum Gasteiger partial charge on any atom is -0.508 e. The zero-order valence-corrected chi connectivity index (χ0v) is 76.6. The summed E-state index contributed by atoms with van der Waals surface area (Å²) in [7, 11) is 4.00. The highest BCUT2D eigenvalue weighted by atomic mass is 32.2. The Balaban J connectivity index is 1.18. The molecule has 0 bridgehead atoms. The number of hydrogen-bond donors (Lipinski definition) is 20. The monoisotopic (exact) mass is 1840 g/mol. The molecule has 15 atom stereocenters. The van der Waals surface area contributed by atoms with Gasteiger partial charge in [-0.05, 0) is 125 Å². The third-order valence-corrected chi connectivity index (χ3v) is 24.8. The van der Waals surface area contributed by atoms with Crippen LogP contribution in [0, 0.1) is 11.3 Å². The number of phenolic OH excluding ortho intramolecular Hbond substituents is 1. The number of aromatic hydroxyl groups is 1. The van der Waals surface area contributed by atoms with E-state index in [1.807, 2.05) is 13.8 Å². The van der Waals surface area contributed by atoms with Crippen molar-refractivity contribution in [3.05, 3.63) is 102 Å². The number of para-hydroxylation sites is 2. The summed E-state index contributed by atoms with van der Waals surface area (Å²) in [6.45, 7) is 7.85. The minimum atomic E-state index is -1.87. The highest BCUT2D eigenvalue weighted by Crippen LogP contribution is 2.28. The molecule has 16 amide bonds. The van der Waals surface area contributed by atoms with Crippen LogP contribution in [0.2, 0.25) is 0 Å². The normalized spacial score (nSPS) is 25.2. The number of guanidine groups is 1. The average Bonchev–Trinajstić information content (AvgIpc) is 1.76. The van der Waals surface area contributed by atoms with E-state index in [1.165, 1.54) is 64.2 Å². The highest BCUT2D eigenvalue weighted by molar-refractivity contribution is 8.00. The van der Waals surface area contributed by atoms with Crippen LogP contribution in [0.3, 0.4) is 0 Å². The number of nitrogens with two attached hydrogens (primary N) is 3. The maximum Gasteiger partial charge on any atom is 0.245 e. The summed E-state index contributed by atoms with van der Waals surface area (Å²) in [4.78, 5) is 248. The molecule has 0 aliphatic carbocycles. The Hall–Kier alpha value is -12.4. The van der Waals surface area contributed by atoms with Crippen molar-refractivity contribution in [3.8, 4) is 5.75 Å². The van der Waals surface area contributed by atoms with Gasteiger partial charge in [-0.3, -0.25) is 82.1 Å². The van der Waals surface area contributed by atoms with Gasteiger partial charge in [-0.15, -0.1) is 11.8 Å². The quantitative estimate of drug-likeness (QED) is 0.0170. The summed E-state index contributed by atoms with van der Waals surface area (Å²) in [5.41, 5.74) is 19.8. The number of nitrogens with zero attached hydrogens (tertiary/aromatic N) is 5. The molecule has 42 heteroatoms. The number of carbonyl (C=O) groups excluding carboxylic acids is 16. The molecule has 8 rings (SSSR count). The Kier molecular flexibility index (Phi) is 39.7. The number of rotatable bonds is 25. The van der Waals surface area contributed by atoms with Gasteiger partial charge in [0.1, 0.15) is 90.3 Å². The second kappa shape index (κ2) is 50.1. The van der Waals surface area contributed by atoms with Crippen molar-refractivity contribution in [2.75, 3.05) is 72.0 Å². The van der Waals surface area contributed by atoms with Gasteiger partial charge < -0.3 is 125 Å². The van der Waals surface area contributed by atoms with E-state index < -0.39 is 222 Å². The van der Waals surface area contributed by atoms with Gasteiger partial charge in [-0.25, -0.2) is 0 Å². The van der Waals surface area contributed by atoms with Gasteiger partial charge in [0, 0.05) is 106 Å². The molecule has 3 aliphatic heterocycles. The number of H-pyrrole nitrogens is 2. The molecule has 41 nitrogen and oxygen atoms in total. The highest BCUT2D eigenvalue weighted by Gasteiger charge is 2.46. The van der Waals surface area contributed by atoms with E-state index in [1.54, 1.807) is 74.8 Å². The molecule has 716 valence electrons. The molecule has 3 saturated heterocycles. The molecular formula is C89H130N22O19S. The summed E-state index contributed by atoms with van der Waals surface area (Å²) in [6, 6.07) is -0.692. The van der Waals surface area contributed by atoms with E-state index in [2.05, 4.69) is 68.5 Å². The van der Waals surface area contributed by atoms with Crippen LogP contribution >= 0.6 is 11.8 Å². The summed E-state index contributed by atoms with van der Waals surface area (Å²) >= 11 is 0.794. The summed E-state index contributed by atoms with van der Waals surface area (Å²) in [5.74, 6) is -15.7. The van der Waals surface area contributed by atoms with Gasteiger partial charge in [0.15, 0.2) is 5.96 Å². The van der Waals surface area contributed by atoms with Crippen LogP contribution < -0.4 is 75.7 Å². The van der Waals surface area contributed by atoms with E-state index in [0.717, 1.165) is 31.4 Å². The first-order valence-electron chi connectivity index (χ1n) is 44.6. The van der Waals surface area contributed by atoms with Gasteiger partial charge in [0.25, 0.3) is 0 Å². The standard InChI is InChI=1S/C89H130N22O19S/c1-10-12-27-69-81(123)100-61(26-19-35-94-89(92)93)78(120)106-68(77(119)97-44-73(91)115)47-131-48-74(116)99-65(38-52-30-32-55(113)33-31-52)84(126)107(7)51(6)76(118)101-62(25-18-34-90)86(128)110-36-20-29-70(110)82(124)98-50(5)75(117)103-64(37-49(3)4)87(129)111-45-56(114)41-72(111)83(125)102-63(39-53-42-95-59-23-16-14-21-57(53)59)79(121)105-67(46-112)80(122)104-66(40-54-43-96-60-24-17-15-22-58(54)60)85(127)109(9)71(28-13-11-2)88(130)108(69)8/h14-17,21-24,30-33,42-43,49-51,56,61-72,95-96,112-114H,10-13,18-20,25-29,34-41,44-48,90H2,1-9H3,(H2,91,115)(H,97,119)(H,98,124)(H,99,116)(H,100,123)(H,101,118)(H,102,125)(H,103,117)(H,104,122)(H,105,121)(H,106,120)(H4,92,93,94)/t50-,51-,56+,61-,62-,63-,64-,65-,66-,67-,68-,69-,70-,71-,72-/m0/s1. The molecule has 23 N–H and O–H groups in total. The first kappa shape index (κ1) is 104. The van der Waals surface area contributed by atoms with Gasteiger partial charge in [0.05, 0.1) is 25.0 Å². The van der Waals surface area contributed by atoms with Crippen molar-refractivity contribution in [1.29, 1.82) is 5.41 Å². The fraction of sp³-hybridized carbons (Fsp3) is 0.562. The number of amides is 16. The number of aromatic nitrogens is 2. The third kappa shape index (κ3) is 29.3. The second-order valence-corrected chi connectivity index (χ2v) is 35.2. The van der Waals surface area contributed by atoms with E-state index in [-0.39, 0.29) is 108 Å². The topological polar surface area (TPSA) is 616 Å². The number of nitrogens with one attached hydrogen (secondary N) is 14. The van der Waals surface area contributed by atoms with E-state index in [0.29, 0.717) is 70.6 Å². The number of benzene rings is 3. The molecule has 3 aliphatic rings. The van der Waals surface area contributed by atoms with Crippen molar-refractivity contribution < 1.29 is 92.0 Å². The fourth-order valence-corrected chi connectivity index (χ4v) is 17.1. The third-order valence-electron chi connectivity index (χ3n) is 23.8. The van der Waals surface area contributed by atoms with Crippen molar-refractivity contribution >= 4 is 134 Å². The molecule has 5 aromatic rings. The lowest BCUT2D eigenvalue weighted by atomic mass is 10.00. The van der Waals surface area contributed by atoms with Crippen LogP contribution in [0.25, 0.3) is 21.8 Å². The molecule has 5 heterocycles. The smallest absolute Gasteiger partial charge is 0.245 e. The average molecular weight is 1840 g/mol. The number of unbranched alkanes of at least 4 members (excludes halogenated alkanes) is 2. The zero-order valence-electron chi connectivity index (χ0n) is 75.7. The molecule has 0 unspecified atom stereocenters. The zero-order chi connectivity index (χ0) is 96.0. The molecule has 0 spiro atoms. The molecular weight excluding hydrogens is 1710 g/mol. The largest absolute Gasteiger partial charge is 0.508 e. The van der Waals surface area contributed by atoms with Crippen LogP contribution in [-0.4, -0.2) is 313 Å². The summed E-state index contributed by atoms with van der Waals surface area (Å²) < 4.78 is 0. The molecule has 131 heavy (non-hydrogen) atoms. The fourth-order valence-electron chi connectivity index (χ4n) is 16.3. The van der Waals surface area contributed by atoms with E-state index in [9.17, 15) is 58.5 Å². The number of aliphatic hydroxyl groups is 2. The Morgan fingerprint density at radius 1 is 0.550 bits per heavy atom. The van der Waals surface area contributed by atoms with Crippen molar-refractivity contribution in [1.82, 2.24) is 93.0 Å². The summed E-state index contributed by atoms with van der Waals surface area (Å²) in [5, 5.41) is 71.2. The predicted octanol–water partition coefficient (Wildman–Crippen LogP) is -2.01. The Bertz CT molecular complexity index is 4860. The number of primary amides is 1. The van der Waals surface area contributed by atoms with Crippen molar-refractivity contribution in [2.24, 2.45) is 23.1 Å². The Labute approximate surface area is 764 Å². The number of thioether (sulfide) groups is 1. The van der Waals surface area contributed by atoms with Crippen LogP contribution in [0.5, 0.6) is 5.75 Å². The maximum absolute atomic E-state index is 15.7. The number of aromatic amines is 2. The van der Waals surface area contributed by atoms with Crippen LogP contribution in [-0.2, 0) is 96.0 Å². The first-order chi connectivity index (χ1) is 62.4. The number of carbonyl (C=O) groups is 16. The lowest BCUT2D eigenvalue weighted by Gasteiger charge is -2.36. The number of fused-ring (bicyclic) bond motifs is 4. The van der Waals surface area contributed by atoms with Crippen LogP contribution in [0.4, 0.5) is 0 Å². The number of hydrogen-bond acceptors (Lipinski definition) is 22. The SMILES string of the molecule is CCCC[C@H]1C(=O)N(C)[C@@H](CCCC)C(=O)N[C@@H](CCCNC(=N)N)C(=O)N[C@H](C(=O)NCC(N)=O)CSCC(=O)N[C@@H](Cc2ccc(O)cc2)C(=O)N(C)[C@@H](C)C(=O)N[C@@H](CCCN)C(=O)N2CCC[C@H]2C(=O)N[C@@H](C)C(=O)N[C@@H](CC(C)C)C(=O)N2C[C@H](O)C[C@H]2C(=O)N[C@@H](Cc2c[nH]c3ccccc23)C(=O)N[C@@H](CO)C(=O)N[C@@H](Cc2c[nH]c3ccccc23)C(=O)N1C. The molecule has 0 radical (unpaired) electrons. The molecule has 3 aromatic carbocycles. The lowest BCUT2D eigenvalue weighted by molar-refractivity contribution is -0.149. The van der Waals surface area contributed by atoms with Crippen molar-refractivity contribution in [2.45, 2.75) is 241 Å². The minimum absolute atomic E-state index is 0.000274. The number of phenols is 1. The van der Waals surface area contributed by atoms with Gasteiger partial charge in [-0.2, -0.15) is 0 Å². The number of aliphatic hydroxyl groups excluding tert-OH is 2. The lowest BCUT2D eigenvalue weighted by Crippen LogP contribution is -2.61. The maximum atomic E-state index is 15.7. The summed E-state index contributed by atoms with van der Waals surface area (Å²) in [6.07, 6.45) is 2.90. The van der Waals surface area contributed by atoms with Crippen molar-refractivity contribution in [3.63, 3.8) is 0 Å². The van der Waals surface area contributed by atoms with Gasteiger partial charge in [0.2, 0.25) is 94.5 Å². The van der Waals surface area contributed by atoms with Crippen LogP contribution in [0.1, 0.15) is 148 Å². The Morgan fingerprint density at radius 3 is 1.69 bits per heavy atom. The molecule has 0 saturated carbocycles. The van der Waals surface area contributed by atoms with Gasteiger partial charge in [-0.1, -0.05) is 102 Å². The second-order valence-electron chi connectivity index (χ2n) is 34.1. The Morgan fingerprint density at radius 2 is 1.08 bits per heavy atom. The molecule has 3 fully saturated rings. The molecule has 2 aromatic heterocycles. The van der Waals surface area contributed by atoms with E-state index >= 15 is 33.6 Å². The van der Waals surface area contributed by atoms with E-state index in [4.69, 9.17) is 22.6 Å². The number of likely N-dealkylation sites (N-methyl/N-ethyl adjacent to an activating group) is 3. The first-order valence-corrected chi connectivity index (χ1v) is 45.8. The predicted molar refractivity (Wildman–Crippen MR) is 488 cm³/mol. The van der Waals surface area contributed by atoms with Gasteiger partial charge >= 0.3 is 0 Å².